The Bertz CT molecular complexity index is 312. The molecule has 74 valence electrons. The van der Waals surface area contributed by atoms with Crippen LogP contribution < -0.4 is 0 Å². The second-order valence-corrected chi connectivity index (χ2v) is 4.94. The van der Waals surface area contributed by atoms with Crippen molar-refractivity contribution in [3.8, 4) is 0 Å². The van der Waals surface area contributed by atoms with Crippen molar-refractivity contribution in [2.45, 2.75) is 0 Å². The van der Waals surface area contributed by atoms with Gasteiger partial charge in [0.1, 0.15) is 6.26 Å². The van der Waals surface area contributed by atoms with Crippen molar-refractivity contribution in [1.82, 2.24) is 4.24 Å². The Morgan fingerprint density at radius 1 is 1.62 bits per heavy atom. The molecule has 0 amide bonds. The van der Waals surface area contributed by atoms with Crippen molar-refractivity contribution in [3.05, 3.63) is 12.3 Å². The van der Waals surface area contributed by atoms with Crippen molar-refractivity contribution in [2.24, 2.45) is 0 Å². The Hall–Kier alpha value is -0.0700. The molecular weight excluding hydrogens is 233 g/mol. The van der Waals surface area contributed by atoms with Gasteiger partial charge in [0.25, 0.3) is 0 Å². The summed E-state index contributed by atoms with van der Waals surface area (Å²) >= 11 is 3.82. The van der Waals surface area contributed by atoms with Crippen LogP contribution in [0.15, 0.2) is 12.3 Å². The first-order chi connectivity index (χ1) is 6.17. The van der Waals surface area contributed by atoms with Crippen molar-refractivity contribution in [2.75, 3.05) is 12.4 Å². The molecule has 0 bridgehead atoms. The Morgan fingerprint density at radius 2 is 2.38 bits per heavy atom. The van der Waals surface area contributed by atoms with Gasteiger partial charge < -0.3 is 4.84 Å². The van der Waals surface area contributed by atoms with Gasteiger partial charge in [-0.25, -0.2) is 0 Å². The summed E-state index contributed by atoms with van der Waals surface area (Å²) in [7, 11) is -3.38. The lowest BCUT2D eigenvalue weighted by Gasteiger charge is -2.15. The van der Waals surface area contributed by atoms with Crippen molar-refractivity contribution in [1.29, 1.82) is 0 Å². The van der Waals surface area contributed by atoms with E-state index in [1.165, 1.54) is 6.26 Å². The molecule has 0 unspecified atom stereocenters. The Balaban J connectivity index is 2.59. The van der Waals surface area contributed by atoms with E-state index in [0.29, 0.717) is 14.1 Å². The second kappa shape index (κ2) is 4.97. The number of nitrogens with zero attached hydrogens (tertiary/aromatic N) is 1. The highest BCUT2D eigenvalue weighted by atomic mass is 32.2. The zero-order chi connectivity index (χ0) is 9.73. The van der Waals surface area contributed by atoms with Crippen LogP contribution in [0, 0.1) is 0 Å². The fourth-order valence-electron chi connectivity index (χ4n) is 0.541. The normalized spacial score (nSPS) is 18.5. The van der Waals surface area contributed by atoms with Crippen LogP contribution in [-0.2, 0) is 19.3 Å². The minimum absolute atomic E-state index is 0.0323. The monoisotopic (exact) mass is 241 g/mol. The Kier molecular flexibility index (Phi) is 4.21. The van der Waals surface area contributed by atoms with Crippen LogP contribution in [0.5, 0.6) is 0 Å². The van der Waals surface area contributed by atoms with Crippen molar-refractivity contribution < 1.29 is 17.4 Å². The molecule has 0 radical (unpaired) electrons. The smallest absolute Gasteiger partial charge is 0.377 e. The maximum atomic E-state index is 11.2. The zero-order valence-electron chi connectivity index (χ0n) is 6.53. The van der Waals surface area contributed by atoms with Crippen LogP contribution in [0.25, 0.3) is 0 Å². The molecular formula is C5H8NO4PS2. The van der Waals surface area contributed by atoms with E-state index in [2.05, 4.69) is 16.8 Å². The molecule has 13 heavy (non-hydrogen) atoms. The molecule has 0 atom stereocenters. The molecule has 0 aromatic carbocycles. The van der Waals surface area contributed by atoms with Gasteiger partial charge in [-0.2, -0.15) is 21.0 Å². The van der Waals surface area contributed by atoms with Gasteiger partial charge in [-0.3, -0.25) is 4.18 Å². The van der Waals surface area contributed by atoms with Gasteiger partial charge in [-0.15, -0.1) is 0 Å². The molecule has 0 spiro atoms. The molecule has 5 nitrogen and oxygen atoms in total. The van der Waals surface area contributed by atoms with E-state index >= 15 is 0 Å². The summed E-state index contributed by atoms with van der Waals surface area (Å²) in [6, 6.07) is 0. The van der Waals surface area contributed by atoms with Crippen molar-refractivity contribution in [3.63, 3.8) is 0 Å². The van der Waals surface area contributed by atoms with Gasteiger partial charge in [0, 0.05) is 18.3 Å². The molecule has 0 fully saturated rings. The fourth-order valence-corrected chi connectivity index (χ4v) is 2.43. The number of hydrogen-bond donors (Lipinski definition) is 1. The molecule has 0 aromatic rings. The third-order valence-corrected chi connectivity index (χ3v) is 3.58. The molecule has 8 heteroatoms. The topological polar surface area (TPSA) is 55.8 Å². The molecule has 1 rings (SSSR count). The van der Waals surface area contributed by atoms with E-state index in [0.717, 1.165) is 4.24 Å². The summed E-state index contributed by atoms with van der Waals surface area (Å²) in [5.74, 6) is 1.95. The van der Waals surface area contributed by atoms with E-state index < -0.39 is 10.3 Å². The van der Waals surface area contributed by atoms with Crippen molar-refractivity contribution >= 4 is 37.1 Å². The number of rotatable bonds is 4. The van der Waals surface area contributed by atoms with Gasteiger partial charge in [-0.05, 0) is 11.9 Å². The van der Waals surface area contributed by atoms with E-state index in [1.54, 1.807) is 11.9 Å². The lowest BCUT2D eigenvalue weighted by molar-refractivity contribution is 0.0619. The average Bonchev–Trinajstić information content (AvgIpc) is 2.16. The van der Waals surface area contributed by atoms with E-state index in [9.17, 15) is 8.42 Å². The molecule has 1 heterocycles. The molecule has 0 aromatic heterocycles. The van der Waals surface area contributed by atoms with Crippen LogP contribution in [0.2, 0.25) is 0 Å². The predicted molar refractivity (Wildman–Crippen MR) is 53.8 cm³/mol. The molecule has 0 N–H and O–H groups in total. The van der Waals surface area contributed by atoms with E-state index in [-0.39, 0.29) is 6.61 Å². The fraction of sp³-hybridized carbons (Fsp3) is 0.400. The van der Waals surface area contributed by atoms with Crippen LogP contribution >= 0.6 is 21.0 Å². The van der Waals surface area contributed by atoms with Gasteiger partial charge in [0.05, 0.1) is 6.61 Å². The minimum Gasteiger partial charge on any atom is -0.389 e. The van der Waals surface area contributed by atoms with Gasteiger partial charge in [0.15, 0.2) is 0 Å². The molecule has 0 aliphatic carbocycles. The van der Waals surface area contributed by atoms with Gasteiger partial charge in [-0.1, -0.05) is 0 Å². The van der Waals surface area contributed by atoms with Crippen LogP contribution in [0.3, 0.4) is 0 Å². The van der Waals surface area contributed by atoms with Crippen LogP contribution in [-0.4, -0.2) is 30.8 Å². The molecule has 0 saturated carbocycles. The molecule has 1 aliphatic heterocycles. The minimum atomic E-state index is -3.78. The van der Waals surface area contributed by atoms with Crippen LogP contribution in [0.4, 0.5) is 0 Å². The third kappa shape index (κ3) is 3.28. The second-order valence-electron chi connectivity index (χ2n) is 1.91. The summed E-state index contributed by atoms with van der Waals surface area (Å²) in [6.07, 6.45) is 2.87. The SMILES string of the molecule is O=S(=O)(OCCS)N1OC=CC=P1. The first-order valence-electron chi connectivity index (χ1n) is 3.33. The standard InChI is InChI=1S/C5H8NO4PS2/c7-13(8,10-3-5-12)6-9-2-1-4-11-6/h1-2,4,12H,3,5H2. The van der Waals surface area contributed by atoms with E-state index in [4.69, 9.17) is 4.84 Å². The van der Waals surface area contributed by atoms with Crippen LogP contribution in [0.1, 0.15) is 0 Å². The highest BCUT2D eigenvalue weighted by molar-refractivity contribution is 7.88. The molecule has 0 saturated heterocycles. The summed E-state index contributed by atoms with van der Waals surface area (Å²) in [4.78, 5) is 4.71. The van der Waals surface area contributed by atoms with E-state index in [1.807, 2.05) is 0 Å². The lowest BCUT2D eigenvalue weighted by Crippen LogP contribution is -2.24. The summed E-state index contributed by atoms with van der Waals surface area (Å²) in [6.45, 7) is 0.0323. The highest BCUT2D eigenvalue weighted by Gasteiger charge is 2.23. The maximum absolute atomic E-state index is 11.2. The quantitative estimate of drug-likeness (QED) is 0.578. The first-order valence-corrected chi connectivity index (χ1v) is 6.24. The number of thiol groups is 1. The largest absolute Gasteiger partial charge is 0.389 e. The Labute approximate surface area is 83.8 Å². The average molecular weight is 241 g/mol. The summed E-state index contributed by atoms with van der Waals surface area (Å²) in [5, 5.41) is 0. The third-order valence-electron chi connectivity index (χ3n) is 0.991. The molecule has 1 aliphatic rings. The first kappa shape index (κ1) is 11.0. The maximum Gasteiger partial charge on any atom is 0.377 e. The number of hydrogen-bond acceptors (Lipinski definition) is 5. The Morgan fingerprint density at radius 3 is 2.92 bits per heavy atom. The number of allylic oxidation sites excluding steroid dienone is 1. The summed E-state index contributed by atoms with van der Waals surface area (Å²) < 4.78 is 27.7. The highest BCUT2D eigenvalue weighted by Crippen LogP contribution is 2.18. The predicted octanol–water partition coefficient (Wildman–Crippen LogP) is 0.602. The van der Waals surface area contributed by atoms with Gasteiger partial charge >= 0.3 is 10.3 Å². The zero-order valence-corrected chi connectivity index (χ0v) is 9.13. The van der Waals surface area contributed by atoms with Gasteiger partial charge in [0.2, 0.25) is 0 Å². The lowest BCUT2D eigenvalue weighted by atomic mass is 10.7. The summed E-state index contributed by atoms with van der Waals surface area (Å²) in [5.41, 5.74) is 0.